The van der Waals surface area contributed by atoms with Crippen LogP contribution in [-0.2, 0) is 77.0 Å². The van der Waals surface area contributed by atoms with Gasteiger partial charge in [-0.25, -0.2) is 0 Å². The minimum absolute atomic E-state index is 0. The Morgan fingerprint density at radius 3 is 0.500 bits per heavy atom. The van der Waals surface area contributed by atoms with Gasteiger partial charge in [-0.2, -0.15) is 0 Å². The largest absolute Gasteiger partial charge is 5.00 e. The first-order valence-corrected chi connectivity index (χ1v) is 0. The van der Waals surface area contributed by atoms with Crippen LogP contribution in [0.3, 0.4) is 0 Å². The molecule has 6 heavy (non-hydrogen) atoms. The van der Waals surface area contributed by atoms with Crippen LogP contribution in [0.1, 0.15) is 0 Å². The summed E-state index contributed by atoms with van der Waals surface area (Å²) < 4.78 is 0. The Balaban J connectivity index is 0. The van der Waals surface area contributed by atoms with Crippen molar-refractivity contribution in [1.82, 2.24) is 0 Å². The molecule has 0 fully saturated rings. The Morgan fingerprint density at radius 1 is 0.500 bits per heavy atom. The number of hydrogen-bond donors (Lipinski definition) is 0. The van der Waals surface area contributed by atoms with Gasteiger partial charge in [-0.3, -0.25) is 0 Å². The standard InChI is InChI=1S/4O.Ta.Y/q4*-2;+5;+3. The first-order chi connectivity index (χ1) is 0. The summed E-state index contributed by atoms with van der Waals surface area (Å²) in [4.78, 5) is 0. The summed E-state index contributed by atoms with van der Waals surface area (Å²) >= 11 is 0. The first kappa shape index (κ1) is 121. The zero-order chi connectivity index (χ0) is 0. The molecule has 0 saturated carbocycles. The summed E-state index contributed by atoms with van der Waals surface area (Å²) in [5, 5.41) is 0. The molecule has 0 aromatic heterocycles. The Kier molecular flexibility index (Phi) is 1540. The van der Waals surface area contributed by atoms with Gasteiger partial charge in [0.15, 0.2) is 0 Å². The van der Waals surface area contributed by atoms with Gasteiger partial charge in [-0.05, 0) is 0 Å². The summed E-state index contributed by atoms with van der Waals surface area (Å²) in [6.45, 7) is 0. The van der Waals surface area contributed by atoms with Gasteiger partial charge in [0.25, 0.3) is 0 Å². The van der Waals surface area contributed by atoms with Crippen LogP contribution in [0.4, 0.5) is 0 Å². The van der Waals surface area contributed by atoms with E-state index in [0.29, 0.717) is 0 Å². The summed E-state index contributed by atoms with van der Waals surface area (Å²) in [6, 6.07) is 0. The molecular weight excluding hydrogens is 334 g/mol. The molecule has 0 unspecified atom stereocenters. The van der Waals surface area contributed by atoms with E-state index in [9.17, 15) is 0 Å². The van der Waals surface area contributed by atoms with E-state index >= 15 is 0 Å². The third kappa shape index (κ3) is 44.0. The zero-order valence-corrected chi connectivity index (χ0v) is 8.71. The second-order valence-electron chi connectivity index (χ2n) is 0. The van der Waals surface area contributed by atoms with Gasteiger partial charge in [-0.15, -0.1) is 0 Å². The fraction of sp³-hybridized carbons (Fsp3) is 0. The molecule has 0 aromatic rings. The van der Waals surface area contributed by atoms with E-state index in [1.165, 1.54) is 0 Å². The van der Waals surface area contributed by atoms with Gasteiger partial charge in [0.2, 0.25) is 0 Å². The van der Waals surface area contributed by atoms with Crippen LogP contribution in [0, 0.1) is 0 Å². The molecule has 0 rings (SSSR count). The predicted octanol–water partition coefficient (Wildman–Crippen LogP) is -0.480. The van der Waals surface area contributed by atoms with Crippen LogP contribution in [0.25, 0.3) is 0 Å². The average Bonchev–Trinajstić information content (AvgIpc) is 0. The smallest absolute Gasteiger partial charge is 2.00 e. The molecule has 0 aliphatic rings. The Bertz CT molecular complexity index is 7.51. The molecule has 0 atom stereocenters. The van der Waals surface area contributed by atoms with E-state index in [1.807, 2.05) is 0 Å². The van der Waals surface area contributed by atoms with Crippen molar-refractivity contribution in [2.45, 2.75) is 0 Å². The monoisotopic (exact) mass is 334 g/mol. The predicted molar refractivity (Wildman–Crippen MR) is 2.75 cm³/mol. The Morgan fingerprint density at radius 2 is 0.500 bits per heavy atom. The normalized spacial score (nSPS) is 0. The minimum Gasteiger partial charge on any atom is -2.00 e. The Hall–Kier alpha value is 1.68. The topological polar surface area (TPSA) is 114 Å². The molecule has 0 amide bonds. The molecule has 4 nitrogen and oxygen atoms in total. The van der Waals surface area contributed by atoms with Crippen molar-refractivity contribution in [3.63, 3.8) is 0 Å². The molecule has 0 heterocycles. The van der Waals surface area contributed by atoms with Gasteiger partial charge in [0.1, 0.15) is 0 Å². The molecule has 32 valence electrons. The quantitative estimate of drug-likeness (QED) is 0.570. The molecule has 6 heteroatoms. The maximum atomic E-state index is 0. The minimum atomic E-state index is 0. The van der Waals surface area contributed by atoms with Crippen LogP contribution >= 0.6 is 0 Å². The van der Waals surface area contributed by atoms with E-state index in [1.54, 1.807) is 0 Å². The second-order valence-corrected chi connectivity index (χ2v) is 0. The molecule has 0 saturated heterocycles. The van der Waals surface area contributed by atoms with Crippen molar-refractivity contribution in [3.8, 4) is 0 Å². The summed E-state index contributed by atoms with van der Waals surface area (Å²) in [5.41, 5.74) is 0. The molecule has 0 radical (unpaired) electrons. The van der Waals surface area contributed by atoms with Crippen molar-refractivity contribution < 1.29 is 77.0 Å². The number of rotatable bonds is 0. The SMILES string of the molecule is [O-2].[O-2].[O-2].[O-2].[Ta+5].[Y+3]. The zero-order valence-electron chi connectivity index (χ0n) is 2.66. The van der Waals surface area contributed by atoms with Gasteiger partial charge in [0.05, 0.1) is 0 Å². The van der Waals surface area contributed by atoms with Crippen LogP contribution in [-0.4, -0.2) is 0 Å². The van der Waals surface area contributed by atoms with Gasteiger partial charge in [-0.1, -0.05) is 0 Å². The van der Waals surface area contributed by atoms with Gasteiger partial charge in [0, 0.05) is 0 Å². The van der Waals surface area contributed by atoms with Gasteiger partial charge < -0.3 is 21.9 Å². The van der Waals surface area contributed by atoms with Crippen molar-refractivity contribution in [2.75, 3.05) is 0 Å². The maximum Gasteiger partial charge on any atom is 5.00 e. The van der Waals surface area contributed by atoms with E-state index in [-0.39, 0.29) is 77.0 Å². The van der Waals surface area contributed by atoms with Crippen molar-refractivity contribution in [1.29, 1.82) is 0 Å². The van der Waals surface area contributed by atoms with Crippen LogP contribution in [0.5, 0.6) is 0 Å². The van der Waals surface area contributed by atoms with Gasteiger partial charge >= 0.3 is 55.1 Å². The van der Waals surface area contributed by atoms with Crippen molar-refractivity contribution in [2.24, 2.45) is 0 Å². The average molecular weight is 334 g/mol. The maximum absolute atomic E-state index is 0. The molecule has 0 bridgehead atoms. The van der Waals surface area contributed by atoms with Crippen LogP contribution in [0.15, 0.2) is 0 Å². The van der Waals surface area contributed by atoms with E-state index in [0.717, 1.165) is 0 Å². The first-order valence-electron chi connectivity index (χ1n) is 0. The van der Waals surface area contributed by atoms with Crippen LogP contribution in [0.2, 0.25) is 0 Å². The third-order valence-electron chi connectivity index (χ3n) is 0. The Labute approximate surface area is 76.3 Å². The van der Waals surface area contributed by atoms with Crippen molar-refractivity contribution >= 4 is 0 Å². The van der Waals surface area contributed by atoms with E-state index in [2.05, 4.69) is 0 Å². The van der Waals surface area contributed by atoms with E-state index in [4.69, 9.17) is 0 Å². The van der Waals surface area contributed by atoms with E-state index < -0.39 is 0 Å². The molecule has 0 aliphatic carbocycles. The molecule has 0 spiro atoms. The molecule has 0 aromatic carbocycles. The second kappa shape index (κ2) is 76.1. The summed E-state index contributed by atoms with van der Waals surface area (Å²) in [6.07, 6.45) is 0. The fourth-order valence-corrected chi connectivity index (χ4v) is 0. The molecular formula is O4TaY. The van der Waals surface area contributed by atoms with Crippen LogP contribution < -0.4 is 0 Å². The molecule has 0 N–H and O–H groups in total. The molecule has 0 aliphatic heterocycles. The third-order valence-corrected chi connectivity index (χ3v) is 0. The fourth-order valence-electron chi connectivity index (χ4n) is 0. The summed E-state index contributed by atoms with van der Waals surface area (Å²) in [5.74, 6) is 0. The van der Waals surface area contributed by atoms with Crippen molar-refractivity contribution in [3.05, 3.63) is 0 Å². The summed E-state index contributed by atoms with van der Waals surface area (Å²) in [7, 11) is 0. The number of hydrogen-bond acceptors (Lipinski definition) is 0.